The fourth-order valence-electron chi connectivity index (χ4n) is 2.15. The van der Waals surface area contributed by atoms with Gasteiger partial charge in [0.05, 0.1) is 30.2 Å². The van der Waals surface area contributed by atoms with Gasteiger partial charge in [-0.25, -0.2) is 14.4 Å². The molecule has 2 N–H and O–H groups in total. The van der Waals surface area contributed by atoms with Crippen molar-refractivity contribution in [1.82, 2.24) is 9.97 Å². The SMILES string of the molecule is COc1ccc(NC(=O)c2cccnc2Nc2ccccc2F)cn1. The molecule has 0 unspecified atom stereocenters. The number of carbonyl (C=O) groups is 1. The number of benzene rings is 1. The second-order valence-electron chi connectivity index (χ2n) is 5.05. The summed E-state index contributed by atoms with van der Waals surface area (Å²) in [6, 6.07) is 12.7. The zero-order chi connectivity index (χ0) is 17.6. The maximum atomic E-state index is 13.8. The summed E-state index contributed by atoms with van der Waals surface area (Å²) in [4.78, 5) is 20.7. The predicted octanol–water partition coefficient (Wildman–Crippen LogP) is 3.62. The number of aromatic nitrogens is 2. The number of rotatable bonds is 5. The highest BCUT2D eigenvalue weighted by molar-refractivity contribution is 6.07. The maximum absolute atomic E-state index is 13.8. The second-order valence-corrected chi connectivity index (χ2v) is 5.05. The summed E-state index contributed by atoms with van der Waals surface area (Å²) in [5, 5.41) is 5.56. The fraction of sp³-hybridized carbons (Fsp3) is 0.0556. The Morgan fingerprint density at radius 2 is 1.92 bits per heavy atom. The van der Waals surface area contributed by atoms with Gasteiger partial charge >= 0.3 is 0 Å². The van der Waals surface area contributed by atoms with Gasteiger partial charge in [0.1, 0.15) is 11.6 Å². The summed E-state index contributed by atoms with van der Waals surface area (Å²) in [6.45, 7) is 0. The Hall–Kier alpha value is -3.48. The van der Waals surface area contributed by atoms with Gasteiger partial charge in [-0.05, 0) is 30.3 Å². The number of carbonyl (C=O) groups excluding carboxylic acids is 1. The number of pyridine rings is 2. The molecule has 1 amide bonds. The molecule has 1 aromatic carbocycles. The quantitative estimate of drug-likeness (QED) is 0.743. The summed E-state index contributed by atoms with van der Waals surface area (Å²) >= 11 is 0. The number of hydrogen-bond donors (Lipinski definition) is 2. The number of hydrogen-bond acceptors (Lipinski definition) is 5. The zero-order valence-corrected chi connectivity index (χ0v) is 13.4. The molecule has 0 saturated heterocycles. The normalized spacial score (nSPS) is 10.2. The van der Waals surface area contributed by atoms with E-state index in [2.05, 4.69) is 20.6 Å². The summed E-state index contributed by atoms with van der Waals surface area (Å²) in [5.41, 5.74) is 1.02. The molecule has 6 nitrogen and oxygen atoms in total. The van der Waals surface area contributed by atoms with Crippen molar-refractivity contribution in [2.75, 3.05) is 17.7 Å². The van der Waals surface area contributed by atoms with Crippen LogP contribution in [0.4, 0.5) is 21.6 Å². The van der Waals surface area contributed by atoms with Gasteiger partial charge in [-0.2, -0.15) is 0 Å². The van der Waals surface area contributed by atoms with Crippen LogP contribution < -0.4 is 15.4 Å². The van der Waals surface area contributed by atoms with Crippen LogP contribution >= 0.6 is 0 Å². The van der Waals surface area contributed by atoms with Crippen molar-refractivity contribution in [3.8, 4) is 5.88 Å². The van der Waals surface area contributed by atoms with Gasteiger partial charge in [0, 0.05) is 12.3 Å². The average molecular weight is 338 g/mol. The van der Waals surface area contributed by atoms with Crippen molar-refractivity contribution in [2.45, 2.75) is 0 Å². The van der Waals surface area contributed by atoms with E-state index in [0.29, 0.717) is 11.6 Å². The third-order valence-corrected chi connectivity index (χ3v) is 3.38. The van der Waals surface area contributed by atoms with Crippen molar-refractivity contribution in [3.05, 3.63) is 72.3 Å². The highest BCUT2D eigenvalue weighted by Crippen LogP contribution is 2.22. The van der Waals surface area contributed by atoms with Crippen molar-refractivity contribution in [2.24, 2.45) is 0 Å². The molecule has 3 aromatic rings. The Balaban J connectivity index is 1.82. The van der Waals surface area contributed by atoms with Crippen LogP contribution in [0.3, 0.4) is 0 Å². The van der Waals surface area contributed by atoms with Gasteiger partial charge in [0.25, 0.3) is 5.91 Å². The van der Waals surface area contributed by atoms with Crippen LogP contribution in [-0.2, 0) is 0 Å². The molecular formula is C18H15FN4O2. The highest BCUT2D eigenvalue weighted by atomic mass is 19.1. The molecule has 25 heavy (non-hydrogen) atoms. The van der Waals surface area contributed by atoms with Crippen molar-refractivity contribution < 1.29 is 13.9 Å². The monoisotopic (exact) mass is 338 g/mol. The van der Waals surface area contributed by atoms with Crippen molar-refractivity contribution in [3.63, 3.8) is 0 Å². The van der Waals surface area contributed by atoms with Gasteiger partial charge in [-0.3, -0.25) is 4.79 Å². The van der Waals surface area contributed by atoms with E-state index in [-0.39, 0.29) is 23.0 Å². The van der Waals surface area contributed by atoms with Crippen LogP contribution in [0.5, 0.6) is 5.88 Å². The molecule has 2 heterocycles. The number of methoxy groups -OCH3 is 1. The minimum absolute atomic E-state index is 0.237. The third kappa shape index (κ3) is 3.89. The number of anilines is 3. The lowest BCUT2D eigenvalue weighted by atomic mass is 10.2. The van der Waals surface area contributed by atoms with E-state index in [9.17, 15) is 9.18 Å². The Morgan fingerprint density at radius 1 is 1.08 bits per heavy atom. The molecular weight excluding hydrogens is 323 g/mol. The molecule has 7 heteroatoms. The van der Waals surface area contributed by atoms with Crippen LogP contribution in [0.1, 0.15) is 10.4 Å². The van der Waals surface area contributed by atoms with Crippen LogP contribution in [0, 0.1) is 5.82 Å². The van der Waals surface area contributed by atoms with E-state index < -0.39 is 5.82 Å². The number of nitrogens with zero attached hydrogens (tertiary/aromatic N) is 2. The summed E-state index contributed by atoms with van der Waals surface area (Å²) < 4.78 is 18.8. The van der Waals surface area contributed by atoms with E-state index in [1.807, 2.05) is 0 Å². The maximum Gasteiger partial charge on any atom is 0.259 e. The average Bonchev–Trinajstić information content (AvgIpc) is 2.64. The second kappa shape index (κ2) is 7.39. The van der Waals surface area contributed by atoms with Crippen molar-refractivity contribution in [1.29, 1.82) is 0 Å². The molecule has 0 aliphatic carbocycles. The topological polar surface area (TPSA) is 76.1 Å². The fourth-order valence-corrected chi connectivity index (χ4v) is 2.15. The van der Waals surface area contributed by atoms with Gasteiger partial charge in [0.2, 0.25) is 5.88 Å². The van der Waals surface area contributed by atoms with Gasteiger partial charge in [0.15, 0.2) is 0 Å². The van der Waals surface area contributed by atoms with Crippen molar-refractivity contribution >= 4 is 23.1 Å². The first-order valence-electron chi connectivity index (χ1n) is 7.45. The number of amides is 1. The standard InChI is InChI=1S/C18H15FN4O2/c1-25-16-9-8-12(11-21-16)22-18(24)13-5-4-10-20-17(13)23-15-7-3-2-6-14(15)19/h2-11H,1H3,(H,20,23)(H,22,24). The van der Waals surface area contributed by atoms with E-state index >= 15 is 0 Å². The first-order chi connectivity index (χ1) is 12.2. The summed E-state index contributed by atoms with van der Waals surface area (Å²) in [6.07, 6.45) is 3.01. The zero-order valence-electron chi connectivity index (χ0n) is 13.4. The lowest BCUT2D eigenvalue weighted by Crippen LogP contribution is -2.15. The van der Waals surface area contributed by atoms with E-state index in [1.165, 1.54) is 25.6 Å². The Labute approximate surface area is 143 Å². The van der Waals surface area contributed by atoms with Gasteiger partial charge in [-0.1, -0.05) is 12.1 Å². The minimum atomic E-state index is -0.432. The van der Waals surface area contributed by atoms with E-state index in [4.69, 9.17) is 4.74 Å². The number of halogens is 1. The molecule has 0 saturated carbocycles. The van der Waals surface area contributed by atoms with E-state index in [0.717, 1.165) is 0 Å². The third-order valence-electron chi connectivity index (χ3n) is 3.38. The summed E-state index contributed by atoms with van der Waals surface area (Å²) in [7, 11) is 1.51. The van der Waals surface area contributed by atoms with Gasteiger partial charge in [-0.15, -0.1) is 0 Å². The molecule has 0 fully saturated rings. The van der Waals surface area contributed by atoms with Crippen LogP contribution in [-0.4, -0.2) is 23.0 Å². The lowest BCUT2D eigenvalue weighted by molar-refractivity contribution is 0.102. The minimum Gasteiger partial charge on any atom is -0.481 e. The molecule has 0 atom stereocenters. The summed E-state index contributed by atoms with van der Waals surface area (Å²) in [5.74, 6) is -0.120. The smallest absolute Gasteiger partial charge is 0.259 e. The first-order valence-corrected chi connectivity index (χ1v) is 7.45. The molecule has 0 spiro atoms. The lowest BCUT2D eigenvalue weighted by Gasteiger charge is -2.11. The molecule has 0 bridgehead atoms. The molecule has 0 aliphatic rings. The Kier molecular flexibility index (Phi) is 4.84. The highest BCUT2D eigenvalue weighted by Gasteiger charge is 2.14. The van der Waals surface area contributed by atoms with Crippen LogP contribution in [0.15, 0.2) is 60.9 Å². The van der Waals surface area contributed by atoms with E-state index in [1.54, 1.807) is 42.5 Å². The Bertz CT molecular complexity index is 884. The number of nitrogens with one attached hydrogen (secondary N) is 2. The largest absolute Gasteiger partial charge is 0.481 e. The number of ether oxygens (including phenoxy) is 1. The van der Waals surface area contributed by atoms with Crippen LogP contribution in [0.2, 0.25) is 0 Å². The predicted molar refractivity (Wildman–Crippen MR) is 92.7 cm³/mol. The van der Waals surface area contributed by atoms with Gasteiger partial charge < -0.3 is 15.4 Å². The Morgan fingerprint density at radius 3 is 2.64 bits per heavy atom. The molecule has 0 aliphatic heterocycles. The molecule has 3 rings (SSSR count). The number of para-hydroxylation sites is 1. The van der Waals surface area contributed by atoms with Crippen LogP contribution in [0.25, 0.3) is 0 Å². The molecule has 0 radical (unpaired) electrons. The molecule has 2 aromatic heterocycles. The first kappa shape index (κ1) is 16.4. The molecule has 126 valence electrons.